The van der Waals surface area contributed by atoms with Gasteiger partial charge in [-0.3, -0.25) is 4.79 Å². The molecule has 0 saturated heterocycles. The number of aromatic nitrogens is 1. The highest BCUT2D eigenvalue weighted by molar-refractivity contribution is 6.08. The van der Waals surface area contributed by atoms with E-state index in [1.54, 1.807) is 0 Å². The van der Waals surface area contributed by atoms with Crippen LogP contribution in [-0.4, -0.2) is 22.2 Å². The Morgan fingerprint density at radius 2 is 1.91 bits per heavy atom. The van der Waals surface area contributed by atoms with Gasteiger partial charge in [0.15, 0.2) is 0 Å². The zero-order valence-electron chi connectivity index (χ0n) is 12.7. The van der Waals surface area contributed by atoms with Crippen LogP contribution in [0.4, 0.5) is 0 Å². The first kappa shape index (κ1) is 14.6. The maximum atomic E-state index is 10.5. The number of rotatable bonds is 6. The van der Waals surface area contributed by atoms with Crippen molar-refractivity contribution >= 4 is 27.8 Å². The number of benzene rings is 2. The summed E-state index contributed by atoms with van der Waals surface area (Å²) in [6, 6.07) is 14.9. The lowest BCUT2D eigenvalue weighted by Gasteiger charge is -2.05. The molecule has 0 aliphatic heterocycles. The van der Waals surface area contributed by atoms with Crippen LogP contribution in [-0.2, 0) is 17.9 Å². The summed E-state index contributed by atoms with van der Waals surface area (Å²) in [5.74, 6) is -0.769. The van der Waals surface area contributed by atoms with E-state index in [2.05, 4.69) is 59.3 Å². The number of hydrogen-bond acceptors (Lipinski definition) is 2. The van der Waals surface area contributed by atoms with E-state index in [1.165, 1.54) is 27.4 Å². The molecule has 0 atom stereocenters. The van der Waals surface area contributed by atoms with E-state index in [0.717, 1.165) is 6.54 Å². The summed E-state index contributed by atoms with van der Waals surface area (Å²) >= 11 is 0. The fourth-order valence-corrected chi connectivity index (χ4v) is 2.98. The first-order chi connectivity index (χ1) is 10.7. The number of fused-ring (bicyclic) bond motifs is 3. The molecule has 0 aliphatic carbocycles. The Kier molecular flexibility index (Phi) is 4.11. The lowest BCUT2D eigenvalue weighted by atomic mass is 10.1. The molecule has 3 rings (SSSR count). The van der Waals surface area contributed by atoms with Gasteiger partial charge >= 0.3 is 5.97 Å². The van der Waals surface area contributed by atoms with E-state index in [0.29, 0.717) is 13.1 Å². The Morgan fingerprint density at radius 3 is 2.68 bits per heavy atom. The van der Waals surface area contributed by atoms with Crippen molar-refractivity contribution in [3.05, 3.63) is 48.0 Å². The van der Waals surface area contributed by atoms with Gasteiger partial charge in [0, 0.05) is 41.4 Å². The predicted molar refractivity (Wildman–Crippen MR) is 89.1 cm³/mol. The van der Waals surface area contributed by atoms with Crippen molar-refractivity contribution in [3.63, 3.8) is 0 Å². The Bertz CT molecular complexity index is 820. The fraction of sp³-hybridized carbons (Fsp3) is 0.278. The molecule has 2 aromatic carbocycles. The third-order valence-electron chi connectivity index (χ3n) is 4.00. The molecule has 0 fully saturated rings. The molecular weight excluding hydrogens is 276 g/mol. The molecule has 3 aromatic rings. The maximum Gasteiger partial charge on any atom is 0.304 e. The number of carboxylic acids is 1. The first-order valence-electron chi connectivity index (χ1n) is 7.63. The summed E-state index contributed by atoms with van der Waals surface area (Å²) in [6.07, 6.45) is 0.150. The van der Waals surface area contributed by atoms with E-state index >= 15 is 0 Å². The van der Waals surface area contributed by atoms with Gasteiger partial charge in [0.1, 0.15) is 0 Å². The molecule has 0 unspecified atom stereocenters. The summed E-state index contributed by atoms with van der Waals surface area (Å²) < 4.78 is 2.33. The van der Waals surface area contributed by atoms with Crippen LogP contribution in [0.15, 0.2) is 42.5 Å². The quantitative estimate of drug-likeness (QED) is 0.686. The zero-order chi connectivity index (χ0) is 15.5. The Labute approximate surface area is 129 Å². The van der Waals surface area contributed by atoms with Crippen molar-refractivity contribution < 1.29 is 9.90 Å². The van der Waals surface area contributed by atoms with E-state index in [-0.39, 0.29) is 6.42 Å². The van der Waals surface area contributed by atoms with Crippen molar-refractivity contribution in [1.29, 1.82) is 0 Å². The predicted octanol–water partition coefficient (Wildman–Crippen LogP) is 3.38. The second-order valence-electron chi connectivity index (χ2n) is 5.43. The second-order valence-corrected chi connectivity index (χ2v) is 5.43. The van der Waals surface area contributed by atoms with Crippen molar-refractivity contribution in [2.75, 3.05) is 6.54 Å². The Balaban J connectivity index is 1.92. The van der Waals surface area contributed by atoms with Gasteiger partial charge in [-0.05, 0) is 30.7 Å². The highest BCUT2D eigenvalue weighted by Gasteiger charge is 2.09. The fourth-order valence-electron chi connectivity index (χ4n) is 2.98. The largest absolute Gasteiger partial charge is 0.481 e. The van der Waals surface area contributed by atoms with Crippen LogP contribution in [0.25, 0.3) is 21.8 Å². The van der Waals surface area contributed by atoms with Gasteiger partial charge in [-0.25, -0.2) is 0 Å². The van der Waals surface area contributed by atoms with Crippen LogP contribution in [0.5, 0.6) is 0 Å². The zero-order valence-corrected chi connectivity index (χ0v) is 12.7. The molecule has 0 aliphatic rings. The molecule has 4 nitrogen and oxygen atoms in total. The summed E-state index contributed by atoms with van der Waals surface area (Å²) in [5, 5.41) is 14.4. The molecule has 1 heterocycles. The number of nitrogens with zero attached hydrogens (tertiary/aromatic N) is 1. The van der Waals surface area contributed by atoms with Crippen LogP contribution < -0.4 is 5.32 Å². The lowest BCUT2D eigenvalue weighted by Crippen LogP contribution is -2.17. The van der Waals surface area contributed by atoms with E-state index in [9.17, 15) is 4.79 Å². The maximum absolute atomic E-state index is 10.5. The minimum Gasteiger partial charge on any atom is -0.481 e. The average Bonchev–Trinajstić information content (AvgIpc) is 2.84. The van der Waals surface area contributed by atoms with E-state index in [1.807, 2.05) is 0 Å². The molecule has 0 radical (unpaired) electrons. The van der Waals surface area contributed by atoms with Crippen molar-refractivity contribution in [2.45, 2.75) is 26.4 Å². The molecule has 0 saturated carbocycles. The molecule has 0 bridgehead atoms. The SMILES string of the molecule is CCn1c2ccccc2c2cc(CNCCC(=O)O)ccc21. The summed E-state index contributed by atoms with van der Waals surface area (Å²) in [6.45, 7) is 4.28. The average molecular weight is 296 g/mol. The Morgan fingerprint density at radius 1 is 1.14 bits per heavy atom. The third-order valence-corrected chi connectivity index (χ3v) is 4.00. The van der Waals surface area contributed by atoms with Crippen molar-refractivity contribution in [1.82, 2.24) is 9.88 Å². The topological polar surface area (TPSA) is 54.3 Å². The number of aryl methyl sites for hydroxylation is 1. The number of hydrogen-bond donors (Lipinski definition) is 2. The smallest absolute Gasteiger partial charge is 0.304 e. The number of nitrogens with one attached hydrogen (secondary N) is 1. The standard InChI is InChI=1S/C18H20N2O2/c1-2-20-16-6-4-3-5-14(16)15-11-13(7-8-17(15)20)12-19-10-9-18(21)22/h3-8,11,19H,2,9-10,12H2,1H3,(H,21,22). The second kappa shape index (κ2) is 6.20. The molecule has 114 valence electrons. The number of carbonyl (C=O) groups is 1. The number of para-hydroxylation sites is 1. The lowest BCUT2D eigenvalue weighted by molar-refractivity contribution is -0.136. The number of aliphatic carboxylic acids is 1. The molecular formula is C18H20N2O2. The van der Waals surface area contributed by atoms with Crippen molar-refractivity contribution in [2.24, 2.45) is 0 Å². The highest BCUT2D eigenvalue weighted by Crippen LogP contribution is 2.29. The van der Waals surface area contributed by atoms with Crippen LogP contribution in [0.3, 0.4) is 0 Å². The van der Waals surface area contributed by atoms with Gasteiger partial charge in [0.05, 0.1) is 6.42 Å². The summed E-state index contributed by atoms with van der Waals surface area (Å²) in [7, 11) is 0. The summed E-state index contributed by atoms with van der Waals surface area (Å²) in [5.41, 5.74) is 3.69. The van der Waals surface area contributed by atoms with Gasteiger partial charge in [-0.1, -0.05) is 24.3 Å². The first-order valence-corrected chi connectivity index (χ1v) is 7.63. The van der Waals surface area contributed by atoms with Gasteiger partial charge in [-0.2, -0.15) is 0 Å². The molecule has 1 aromatic heterocycles. The molecule has 22 heavy (non-hydrogen) atoms. The van der Waals surface area contributed by atoms with Crippen LogP contribution >= 0.6 is 0 Å². The number of carboxylic acid groups (broad SMARTS) is 1. The molecule has 0 amide bonds. The van der Waals surface area contributed by atoms with Gasteiger partial charge < -0.3 is 15.0 Å². The molecule has 4 heteroatoms. The molecule has 2 N–H and O–H groups in total. The third kappa shape index (κ3) is 2.70. The summed E-state index contributed by atoms with van der Waals surface area (Å²) in [4.78, 5) is 10.5. The Hall–Kier alpha value is -2.33. The van der Waals surface area contributed by atoms with Crippen LogP contribution in [0.2, 0.25) is 0 Å². The molecule has 0 spiro atoms. The van der Waals surface area contributed by atoms with Crippen LogP contribution in [0.1, 0.15) is 18.9 Å². The van der Waals surface area contributed by atoms with E-state index in [4.69, 9.17) is 5.11 Å². The van der Waals surface area contributed by atoms with Gasteiger partial charge in [0.25, 0.3) is 0 Å². The van der Waals surface area contributed by atoms with Crippen LogP contribution in [0, 0.1) is 0 Å². The monoisotopic (exact) mass is 296 g/mol. The van der Waals surface area contributed by atoms with E-state index < -0.39 is 5.97 Å². The van der Waals surface area contributed by atoms with Gasteiger partial charge in [-0.15, -0.1) is 0 Å². The normalized spacial score (nSPS) is 11.3. The van der Waals surface area contributed by atoms with Gasteiger partial charge in [0.2, 0.25) is 0 Å². The van der Waals surface area contributed by atoms with Crippen molar-refractivity contribution in [3.8, 4) is 0 Å². The minimum absolute atomic E-state index is 0.150. The minimum atomic E-state index is -0.769. The highest BCUT2D eigenvalue weighted by atomic mass is 16.4.